The lowest BCUT2D eigenvalue weighted by Crippen LogP contribution is -2.43. The number of H-pyrrole nitrogens is 1. The first kappa shape index (κ1) is 20.0. The van der Waals surface area contributed by atoms with E-state index in [0.717, 1.165) is 48.3 Å². The van der Waals surface area contributed by atoms with Gasteiger partial charge in [-0.3, -0.25) is 4.79 Å². The number of nitrogens with zero attached hydrogens (tertiary/aromatic N) is 3. The minimum atomic E-state index is -0.0503. The molecule has 0 radical (unpaired) electrons. The van der Waals surface area contributed by atoms with E-state index < -0.39 is 0 Å². The Bertz CT molecular complexity index is 1000. The highest BCUT2D eigenvalue weighted by atomic mass is 16.5. The first-order valence-corrected chi connectivity index (χ1v) is 10.2. The Morgan fingerprint density at radius 1 is 1.23 bits per heavy atom. The van der Waals surface area contributed by atoms with Crippen LogP contribution in [0.3, 0.4) is 0 Å². The van der Waals surface area contributed by atoms with Crippen LogP contribution in [0.25, 0.3) is 10.9 Å². The van der Waals surface area contributed by atoms with Gasteiger partial charge >= 0.3 is 0 Å². The largest absolute Gasteiger partial charge is 0.497 e. The average molecular weight is 409 g/mol. The van der Waals surface area contributed by atoms with Gasteiger partial charge < -0.3 is 24.7 Å². The van der Waals surface area contributed by atoms with Crippen LogP contribution in [0.5, 0.6) is 11.6 Å². The second kappa shape index (κ2) is 9.02. The monoisotopic (exact) mass is 409 g/mol. The molecule has 2 N–H and O–H groups in total. The molecule has 158 valence electrons. The van der Waals surface area contributed by atoms with Crippen LogP contribution in [-0.2, 0) is 11.2 Å². The van der Waals surface area contributed by atoms with Crippen LogP contribution in [0, 0.1) is 5.92 Å². The molecule has 0 spiro atoms. The maximum absolute atomic E-state index is 12.7. The van der Waals surface area contributed by atoms with Gasteiger partial charge in [0.25, 0.3) is 0 Å². The summed E-state index contributed by atoms with van der Waals surface area (Å²) in [6.07, 6.45) is 4.60. The van der Waals surface area contributed by atoms with Crippen molar-refractivity contribution < 1.29 is 14.3 Å². The first-order chi connectivity index (χ1) is 14.7. The number of carbonyl (C=O) groups excluding carboxylic acids is 1. The number of amides is 1. The van der Waals surface area contributed by atoms with Crippen LogP contribution in [0.1, 0.15) is 18.4 Å². The molecule has 3 aromatic rings. The van der Waals surface area contributed by atoms with Gasteiger partial charge in [0.15, 0.2) is 5.82 Å². The van der Waals surface area contributed by atoms with Gasteiger partial charge in [0.05, 0.1) is 20.1 Å². The number of benzene rings is 1. The number of hydrogen-bond donors (Lipinski definition) is 2. The highest BCUT2D eigenvalue weighted by molar-refractivity contribution is 5.85. The highest BCUT2D eigenvalue weighted by Crippen LogP contribution is 2.24. The molecule has 1 aliphatic rings. The quantitative estimate of drug-likeness (QED) is 0.623. The van der Waals surface area contributed by atoms with Gasteiger partial charge in [-0.15, -0.1) is 10.2 Å². The molecule has 1 atom stereocenters. The molecule has 0 unspecified atom stereocenters. The van der Waals surface area contributed by atoms with Crippen molar-refractivity contribution in [3.05, 3.63) is 42.1 Å². The molecule has 8 heteroatoms. The third-order valence-corrected chi connectivity index (χ3v) is 5.62. The molecule has 4 rings (SSSR count). The van der Waals surface area contributed by atoms with Crippen molar-refractivity contribution in [1.29, 1.82) is 0 Å². The van der Waals surface area contributed by atoms with Gasteiger partial charge in [0, 0.05) is 42.8 Å². The lowest BCUT2D eigenvalue weighted by molar-refractivity contribution is -0.125. The molecular weight excluding hydrogens is 382 g/mol. The van der Waals surface area contributed by atoms with Gasteiger partial charge in [0.2, 0.25) is 11.8 Å². The summed E-state index contributed by atoms with van der Waals surface area (Å²) in [6.45, 7) is 2.13. The van der Waals surface area contributed by atoms with Crippen LogP contribution in [-0.4, -0.2) is 54.9 Å². The zero-order valence-corrected chi connectivity index (χ0v) is 17.4. The summed E-state index contributed by atoms with van der Waals surface area (Å²) in [4.78, 5) is 18.1. The second-order valence-electron chi connectivity index (χ2n) is 7.49. The minimum Gasteiger partial charge on any atom is -0.497 e. The van der Waals surface area contributed by atoms with Crippen LogP contribution in [0.4, 0.5) is 5.82 Å². The maximum atomic E-state index is 12.7. The van der Waals surface area contributed by atoms with Crippen molar-refractivity contribution in [2.75, 3.05) is 38.8 Å². The van der Waals surface area contributed by atoms with E-state index in [2.05, 4.69) is 25.4 Å². The number of aromatic amines is 1. The number of rotatable bonds is 7. The molecule has 2 aromatic heterocycles. The van der Waals surface area contributed by atoms with E-state index in [4.69, 9.17) is 9.47 Å². The third-order valence-electron chi connectivity index (χ3n) is 5.62. The number of methoxy groups -OCH3 is 2. The van der Waals surface area contributed by atoms with Crippen LogP contribution in [0.15, 0.2) is 36.5 Å². The summed E-state index contributed by atoms with van der Waals surface area (Å²) < 4.78 is 10.4. The molecule has 1 aromatic carbocycles. The normalized spacial score (nSPS) is 16.5. The number of anilines is 1. The lowest BCUT2D eigenvalue weighted by atomic mass is 9.97. The number of ether oxygens (including phenoxy) is 2. The van der Waals surface area contributed by atoms with E-state index >= 15 is 0 Å². The number of nitrogens with one attached hydrogen (secondary N) is 2. The number of piperidine rings is 1. The van der Waals surface area contributed by atoms with E-state index in [1.807, 2.05) is 30.5 Å². The van der Waals surface area contributed by atoms with Crippen molar-refractivity contribution in [2.45, 2.75) is 19.3 Å². The molecule has 0 saturated carbocycles. The van der Waals surface area contributed by atoms with E-state index in [-0.39, 0.29) is 11.8 Å². The molecule has 3 heterocycles. The zero-order chi connectivity index (χ0) is 20.9. The molecular formula is C22H27N5O3. The number of fused-ring (bicyclic) bond motifs is 1. The standard InChI is InChI=1S/C22H27N5O3/c1-29-17-5-6-19-18(12-17)15(13-24-19)9-10-23-22(28)16-4-3-11-27(14-16)20-7-8-21(30-2)26-25-20/h5-8,12-13,16,24H,3-4,9-11,14H2,1-2H3,(H,23,28)/t16-/m1/s1. The Labute approximate surface area is 175 Å². The van der Waals surface area contributed by atoms with Crippen LogP contribution in [0.2, 0.25) is 0 Å². The Kier molecular flexibility index (Phi) is 6.02. The smallest absolute Gasteiger partial charge is 0.233 e. The van der Waals surface area contributed by atoms with E-state index in [9.17, 15) is 4.79 Å². The topological polar surface area (TPSA) is 92.4 Å². The SMILES string of the molecule is COc1ccc2[nH]cc(CCNC(=O)[C@@H]3CCCN(c4ccc(OC)nn4)C3)c2c1. The summed E-state index contributed by atoms with van der Waals surface area (Å²) in [7, 11) is 3.23. The highest BCUT2D eigenvalue weighted by Gasteiger charge is 2.26. The Balaban J connectivity index is 1.32. The van der Waals surface area contributed by atoms with Gasteiger partial charge in [-0.2, -0.15) is 0 Å². The van der Waals surface area contributed by atoms with Crippen molar-refractivity contribution in [2.24, 2.45) is 5.92 Å². The van der Waals surface area contributed by atoms with Crippen molar-refractivity contribution in [1.82, 2.24) is 20.5 Å². The second-order valence-corrected chi connectivity index (χ2v) is 7.49. The van der Waals surface area contributed by atoms with E-state index in [0.29, 0.717) is 19.0 Å². The van der Waals surface area contributed by atoms with Gasteiger partial charge in [0.1, 0.15) is 5.75 Å². The average Bonchev–Trinajstić information content (AvgIpc) is 3.21. The molecule has 1 saturated heterocycles. The zero-order valence-electron chi connectivity index (χ0n) is 17.4. The Hall–Kier alpha value is -3.29. The predicted octanol–water partition coefficient (Wildman–Crippen LogP) is 2.55. The molecule has 0 bridgehead atoms. The number of carbonyl (C=O) groups is 1. The van der Waals surface area contributed by atoms with Crippen LogP contribution < -0.4 is 19.7 Å². The summed E-state index contributed by atoms with van der Waals surface area (Å²) >= 11 is 0. The minimum absolute atomic E-state index is 0.0503. The van der Waals surface area contributed by atoms with E-state index in [1.54, 1.807) is 20.3 Å². The van der Waals surface area contributed by atoms with E-state index in [1.165, 1.54) is 5.56 Å². The molecule has 30 heavy (non-hydrogen) atoms. The summed E-state index contributed by atoms with van der Waals surface area (Å²) in [6, 6.07) is 9.65. The van der Waals surface area contributed by atoms with Gasteiger partial charge in [-0.25, -0.2) is 0 Å². The molecule has 1 amide bonds. The summed E-state index contributed by atoms with van der Waals surface area (Å²) in [5, 5.41) is 12.5. The maximum Gasteiger partial charge on any atom is 0.233 e. The fourth-order valence-corrected chi connectivity index (χ4v) is 3.95. The van der Waals surface area contributed by atoms with Crippen LogP contribution >= 0.6 is 0 Å². The molecule has 1 aliphatic heterocycles. The van der Waals surface area contributed by atoms with Gasteiger partial charge in [-0.05, 0) is 49.1 Å². The Morgan fingerprint density at radius 2 is 2.13 bits per heavy atom. The van der Waals surface area contributed by atoms with Gasteiger partial charge in [-0.1, -0.05) is 0 Å². The molecule has 1 fully saturated rings. The fourth-order valence-electron chi connectivity index (χ4n) is 3.95. The first-order valence-electron chi connectivity index (χ1n) is 10.2. The fraction of sp³-hybridized carbons (Fsp3) is 0.409. The third kappa shape index (κ3) is 4.32. The molecule has 0 aliphatic carbocycles. The Morgan fingerprint density at radius 3 is 2.90 bits per heavy atom. The van der Waals surface area contributed by atoms with Crippen molar-refractivity contribution in [3.8, 4) is 11.6 Å². The number of aromatic nitrogens is 3. The number of hydrogen-bond acceptors (Lipinski definition) is 6. The lowest BCUT2D eigenvalue weighted by Gasteiger charge is -2.32. The van der Waals surface area contributed by atoms with Crippen molar-refractivity contribution >= 4 is 22.6 Å². The summed E-state index contributed by atoms with van der Waals surface area (Å²) in [5.74, 6) is 2.14. The van der Waals surface area contributed by atoms with Crippen molar-refractivity contribution in [3.63, 3.8) is 0 Å². The predicted molar refractivity (Wildman–Crippen MR) is 115 cm³/mol. The molecule has 8 nitrogen and oxygen atoms in total. The summed E-state index contributed by atoms with van der Waals surface area (Å²) in [5.41, 5.74) is 2.24.